The van der Waals surface area contributed by atoms with Crippen molar-refractivity contribution in [2.75, 3.05) is 32.9 Å². The molecule has 0 unspecified atom stereocenters. The fourth-order valence-corrected chi connectivity index (χ4v) is 2.30. The zero-order chi connectivity index (χ0) is 15.0. The lowest BCUT2D eigenvalue weighted by atomic mass is 10.2. The molecule has 0 atom stereocenters. The van der Waals surface area contributed by atoms with Gasteiger partial charge in [-0.25, -0.2) is 4.68 Å². The molecule has 1 aromatic heterocycles. The first-order chi connectivity index (χ1) is 9.50. The van der Waals surface area contributed by atoms with Crippen molar-refractivity contribution >= 4 is 17.7 Å². The molecule has 0 saturated carbocycles. The van der Waals surface area contributed by atoms with E-state index in [0.29, 0.717) is 18.1 Å². The molecule has 0 radical (unpaired) electrons. The summed E-state index contributed by atoms with van der Waals surface area (Å²) in [5.41, 5.74) is 0. The summed E-state index contributed by atoms with van der Waals surface area (Å²) >= 11 is 1.52. The SMILES string of the molecule is CC(C)CNCCn1nnnc1SCCC(=O)N(C)C. The molecular formula is C12H24N6OS. The number of hydrogen-bond donors (Lipinski definition) is 1. The van der Waals surface area contributed by atoms with Gasteiger partial charge in [0.15, 0.2) is 0 Å². The molecule has 0 fully saturated rings. The highest BCUT2D eigenvalue weighted by Crippen LogP contribution is 2.14. The fourth-order valence-electron chi connectivity index (χ4n) is 1.47. The summed E-state index contributed by atoms with van der Waals surface area (Å²) in [4.78, 5) is 13.1. The van der Waals surface area contributed by atoms with Gasteiger partial charge in [0, 0.05) is 32.8 Å². The molecule has 0 aliphatic heterocycles. The maximum Gasteiger partial charge on any atom is 0.222 e. The molecule has 0 aliphatic carbocycles. The van der Waals surface area contributed by atoms with Crippen LogP contribution < -0.4 is 5.32 Å². The van der Waals surface area contributed by atoms with E-state index in [1.54, 1.807) is 23.7 Å². The Morgan fingerprint density at radius 3 is 2.85 bits per heavy atom. The minimum absolute atomic E-state index is 0.120. The van der Waals surface area contributed by atoms with Gasteiger partial charge in [0.25, 0.3) is 0 Å². The fraction of sp³-hybridized carbons (Fsp3) is 0.833. The first-order valence-electron chi connectivity index (χ1n) is 6.80. The lowest BCUT2D eigenvalue weighted by Crippen LogP contribution is -2.24. The van der Waals surface area contributed by atoms with Crippen LogP contribution in [-0.4, -0.2) is 64.0 Å². The number of carbonyl (C=O) groups is 1. The summed E-state index contributed by atoms with van der Waals surface area (Å²) in [6.45, 7) is 6.92. The van der Waals surface area contributed by atoms with Crippen molar-refractivity contribution in [3.63, 3.8) is 0 Å². The Morgan fingerprint density at radius 2 is 2.20 bits per heavy atom. The van der Waals surface area contributed by atoms with Crippen molar-refractivity contribution in [2.24, 2.45) is 5.92 Å². The van der Waals surface area contributed by atoms with Gasteiger partial charge in [-0.2, -0.15) is 0 Å². The highest BCUT2D eigenvalue weighted by Gasteiger charge is 2.09. The van der Waals surface area contributed by atoms with Crippen LogP contribution >= 0.6 is 11.8 Å². The number of nitrogens with zero attached hydrogens (tertiary/aromatic N) is 5. The van der Waals surface area contributed by atoms with Crippen LogP contribution in [0.4, 0.5) is 0 Å². The topological polar surface area (TPSA) is 75.9 Å². The number of aromatic nitrogens is 4. The summed E-state index contributed by atoms with van der Waals surface area (Å²) < 4.78 is 1.78. The standard InChI is InChI=1S/C12H24N6OS/c1-10(2)9-13-6-7-18-12(14-15-16-18)20-8-5-11(19)17(3)4/h10,13H,5-9H2,1-4H3. The van der Waals surface area contributed by atoms with Crippen molar-refractivity contribution < 1.29 is 4.79 Å². The van der Waals surface area contributed by atoms with Crippen LogP contribution in [0.2, 0.25) is 0 Å². The van der Waals surface area contributed by atoms with Crippen LogP contribution in [0.5, 0.6) is 0 Å². The lowest BCUT2D eigenvalue weighted by Gasteiger charge is -2.10. The van der Waals surface area contributed by atoms with E-state index in [2.05, 4.69) is 34.7 Å². The summed E-state index contributed by atoms with van der Waals surface area (Å²) in [5, 5.41) is 15.8. The predicted octanol–water partition coefficient (Wildman–Crippen LogP) is 0.489. The van der Waals surface area contributed by atoms with Gasteiger partial charge in [-0.15, -0.1) is 5.10 Å². The third kappa shape index (κ3) is 6.33. The average Bonchev–Trinajstić information content (AvgIpc) is 2.81. The van der Waals surface area contributed by atoms with Crippen LogP contribution in [0.3, 0.4) is 0 Å². The molecule has 0 aliphatic rings. The number of nitrogens with one attached hydrogen (secondary N) is 1. The molecule has 0 saturated heterocycles. The molecule has 1 amide bonds. The van der Waals surface area contributed by atoms with Crippen molar-refractivity contribution in [3.8, 4) is 0 Å². The largest absolute Gasteiger partial charge is 0.349 e. The second-order valence-electron chi connectivity index (χ2n) is 5.17. The van der Waals surface area contributed by atoms with Gasteiger partial charge in [0.05, 0.1) is 6.54 Å². The molecule has 1 rings (SSSR count). The summed E-state index contributed by atoms with van der Waals surface area (Å²) in [6.07, 6.45) is 0.496. The molecule has 8 heteroatoms. The second kappa shape index (κ2) is 8.91. The molecule has 7 nitrogen and oxygen atoms in total. The minimum Gasteiger partial charge on any atom is -0.349 e. The average molecular weight is 300 g/mol. The first kappa shape index (κ1) is 16.9. The highest BCUT2D eigenvalue weighted by atomic mass is 32.2. The van der Waals surface area contributed by atoms with Crippen LogP contribution in [0.15, 0.2) is 5.16 Å². The van der Waals surface area contributed by atoms with Gasteiger partial charge in [0.1, 0.15) is 0 Å². The van der Waals surface area contributed by atoms with Crippen molar-refractivity contribution in [2.45, 2.75) is 32.0 Å². The molecular weight excluding hydrogens is 276 g/mol. The molecule has 1 N–H and O–H groups in total. The van der Waals surface area contributed by atoms with Gasteiger partial charge >= 0.3 is 0 Å². The van der Waals surface area contributed by atoms with Crippen LogP contribution in [0.25, 0.3) is 0 Å². The molecule has 0 aromatic carbocycles. The van der Waals surface area contributed by atoms with E-state index in [4.69, 9.17) is 0 Å². The van der Waals surface area contributed by atoms with Crippen molar-refractivity contribution in [1.29, 1.82) is 0 Å². The zero-order valence-corrected chi connectivity index (χ0v) is 13.5. The second-order valence-corrected chi connectivity index (χ2v) is 6.23. The lowest BCUT2D eigenvalue weighted by molar-refractivity contribution is -0.128. The Bertz CT molecular complexity index is 406. The van der Waals surface area contributed by atoms with Gasteiger partial charge in [-0.3, -0.25) is 4.79 Å². The van der Waals surface area contributed by atoms with E-state index >= 15 is 0 Å². The van der Waals surface area contributed by atoms with E-state index in [1.807, 2.05) is 0 Å². The Morgan fingerprint density at radius 1 is 1.45 bits per heavy atom. The minimum atomic E-state index is 0.120. The highest BCUT2D eigenvalue weighted by molar-refractivity contribution is 7.99. The van der Waals surface area contributed by atoms with Gasteiger partial charge in [-0.05, 0) is 22.9 Å². The number of hydrogen-bond acceptors (Lipinski definition) is 6. The third-order valence-corrected chi connectivity index (χ3v) is 3.56. The summed E-state index contributed by atoms with van der Waals surface area (Å²) in [6, 6.07) is 0. The Hall–Kier alpha value is -1.15. The van der Waals surface area contributed by atoms with Gasteiger partial charge in [-0.1, -0.05) is 25.6 Å². The molecule has 114 valence electrons. The first-order valence-corrected chi connectivity index (χ1v) is 7.79. The number of thioether (sulfide) groups is 1. The quantitative estimate of drug-likeness (QED) is 0.528. The Balaban J connectivity index is 2.29. The normalized spacial score (nSPS) is 11.1. The molecule has 1 aromatic rings. The van der Waals surface area contributed by atoms with Crippen molar-refractivity contribution in [3.05, 3.63) is 0 Å². The number of tetrazole rings is 1. The van der Waals surface area contributed by atoms with E-state index in [0.717, 1.165) is 24.8 Å². The maximum absolute atomic E-state index is 11.5. The van der Waals surface area contributed by atoms with Gasteiger partial charge < -0.3 is 10.2 Å². The summed E-state index contributed by atoms with van der Waals surface area (Å²) in [5.74, 6) is 1.45. The van der Waals surface area contributed by atoms with Crippen LogP contribution in [0.1, 0.15) is 20.3 Å². The van der Waals surface area contributed by atoms with Crippen LogP contribution in [0, 0.1) is 5.92 Å². The van der Waals surface area contributed by atoms with Gasteiger partial charge in [0.2, 0.25) is 11.1 Å². The summed E-state index contributed by atoms with van der Waals surface area (Å²) in [7, 11) is 3.52. The third-order valence-electron chi connectivity index (χ3n) is 2.60. The molecule has 0 bridgehead atoms. The predicted molar refractivity (Wildman–Crippen MR) is 79.6 cm³/mol. The van der Waals surface area contributed by atoms with E-state index in [-0.39, 0.29) is 5.91 Å². The smallest absolute Gasteiger partial charge is 0.222 e. The molecule has 0 spiro atoms. The van der Waals surface area contributed by atoms with E-state index in [9.17, 15) is 4.79 Å². The zero-order valence-electron chi connectivity index (χ0n) is 12.7. The molecule has 20 heavy (non-hydrogen) atoms. The van der Waals surface area contributed by atoms with E-state index in [1.165, 1.54) is 11.8 Å². The number of carbonyl (C=O) groups excluding carboxylic acids is 1. The number of amides is 1. The van der Waals surface area contributed by atoms with Crippen molar-refractivity contribution in [1.82, 2.24) is 30.4 Å². The Labute approximate surface area is 124 Å². The maximum atomic E-state index is 11.5. The molecule has 1 heterocycles. The number of rotatable bonds is 9. The van der Waals surface area contributed by atoms with Crippen LogP contribution in [-0.2, 0) is 11.3 Å². The Kier molecular flexibility index (Phi) is 7.53. The van der Waals surface area contributed by atoms with E-state index < -0.39 is 0 Å². The monoisotopic (exact) mass is 300 g/mol.